The fourth-order valence-corrected chi connectivity index (χ4v) is 3.85. The molecule has 5 nitrogen and oxygen atoms in total. The van der Waals surface area contributed by atoms with Crippen LogP contribution < -0.4 is 5.32 Å². The molecule has 0 aromatic carbocycles. The van der Waals surface area contributed by atoms with Crippen molar-refractivity contribution in [1.29, 1.82) is 0 Å². The molecular formula is C14H30N2O3S. The Balaban J connectivity index is 2.57. The first-order valence-electron chi connectivity index (χ1n) is 7.35. The zero-order chi connectivity index (χ0) is 15.4. The van der Waals surface area contributed by atoms with Gasteiger partial charge in [-0.3, -0.25) is 0 Å². The molecule has 1 rings (SSSR count). The second-order valence-corrected chi connectivity index (χ2v) is 8.50. The van der Waals surface area contributed by atoms with Gasteiger partial charge in [0.2, 0.25) is 10.0 Å². The van der Waals surface area contributed by atoms with E-state index in [1.165, 1.54) is 6.26 Å². The molecule has 1 aliphatic rings. The normalized spacial score (nSPS) is 23.8. The van der Waals surface area contributed by atoms with Crippen molar-refractivity contribution >= 4 is 10.0 Å². The van der Waals surface area contributed by atoms with Crippen molar-refractivity contribution in [3.63, 3.8) is 0 Å². The first kappa shape index (κ1) is 17.9. The minimum absolute atomic E-state index is 0.154. The minimum atomic E-state index is -3.05. The van der Waals surface area contributed by atoms with Crippen LogP contribution in [0.5, 0.6) is 0 Å². The highest BCUT2D eigenvalue weighted by Crippen LogP contribution is 2.26. The summed E-state index contributed by atoms with van der Waals surface area (Å²) in [6, 6.07) is 0.356. The lowest BCUT2D eigenvalue weighted by atomic mass is 9.88. The summed E-state index contributed by atoms with van der Waals surface area (Å²) >= 11 is 0. The summed E-state index contributed by atoms with van der Waals surface area (Å²) in [5, 5.41) is 3.35. The van der Waals surface area contributed by atoms with Crippen LogP contribution in [0.3, 0.4) is 0 Å². The van der Waals surface area contributed by atoms with Crippen molar-refractivity contribution < 1.29 is 13.2 Å². The molecule has 120 valence electrons. The molecule has 20 heavy (non-hydrogen) atoms. The predicted octanol–water partition coefficient (Wildman–Crippen LogP) is 1.45. The molecular weight excluding hydrogens is 276 g/mol. The number of piperidine rings is 1. The van der Waals surface area contributed by atoms with Gasteiger partial charge < -0.3 is 10.1 Å². The van der Waals surface area contributed by atoms with Crippen LogP contribution in [0.4, 0.5) is 0 Å². The highest BCUT2D eigenvalue weighted by Gasteiger charge is 2.29. The van der Waals surface area contributed by atoms with Gasteiger partial charge in [-0.05, 0) is 52.5 Å². The molecule has 0 bridgehead atoms. The predicted molar refractivity (Wildman–Crippen MR) is 82.3 cm³/mol. The molecule has 1 N–H and O–H groups in total. The van der Waals surface area contributed by atoms with Gasteiger partial charge >= 0.3 is 0 Å². The topological polar surface area (TPSA) is 58.6 Å². The Morgan fingerprint density at radius 3 is 2.60 bits per heavy atom. The van der Waals surface area contributed by atoms with E-state index in [2.05, 4.69) is 19.2 Å². The Hall–Kier alpha value is -0.170. The maximum Gasteiger partial charge on any atom is 0.211 e. The van der Waals surface area contributed by atoms with Crippen molar-refractivity contribution in [2.75, 3.05) is 33.5 Å². The van der Waals surface area contributed by atoms with Crippen molar-refractivity contribution in [2.24, 2.45) is 5.92 Å². The largest absolute Gasteiger partial charge is 0.379 e. The lowest BCUT2D eigenvalue weighted by Crippen LogP contribution is -2.43. The van der Waals surface area contributed by atoms with E-state index in [0.717, 1.165) is 25.7 Å². The van der Waals surface area contributed by atoms with Gasteiger partial charge in [0.15, 0.2) is 0 Å². The molecule has 0 aliphatic carbocycles. The van der Waals surface area contributed by atoms with Crippen LogP contribution in [0.2, 0.25) is 0 Å². The number of methoxy groups -OCH3 is 1. The standard InChI is InChI=1S/C14H30N2O3S/c1-14(2,19-4)10-13(15-3)9-12-7-6-8-16(11-12)20(5,17)18/h12-13,15H,6-11H2,1-5H3. The molecule has 1 saturated heterocycles. The SMILES string of the molecule is CNC(CC1CCCN(S(C)(=O)=O)C1)CC(C)(C)OC. The molecule has 0 radical (unpaired) electrons. The highest BCUT2D eigenvalue weighted by molar-refractivity contribution is 7.88. The van der Waals surface area contributed by atoms with Crippen molar-refractivity contribution in [1.82, 2.24) is 9.62 Å². The Morgan fingerprint density at radius 2 is 2.10 bits per heavy atom. The average molecular weight is 306 g/mol. The zero-order valence-corrected chi connectivity index (χ0v) is 14.3. The van der Waals surface area contributed by atoms with Crippen LogP contribution in [0.25, 0.3) is 0 Å². The first-order valence-corrected chi connectivity index (χ1v) is 9.20. The summed E-state index contributed by atoms with van der Waals surface area (Å²) in [6.07, 6.45) is 5.29. The van der Waals surface area contributed by atoms with E-state index in [1.807, 2.05) is 7.05 Å². The number of hydrogen-bond donors (Lipinski definition) is 1. The molecule has 0 saturated carbocycles. The lowest BCUT2D eigenvalue weighted by Gasteiger charge is -2.35. The van der Waals surface area contributed by atoms with Gasteiger partial charge in [-0.25, -0.2) is 12.7 Å². The number of rotatable bonds is 7. The summed E-state index contributed by atoms with van der Waals surface area (Å²) in [5.74, 6) is 0.434. The Morgan fingerprint density at radius 1 is 1.45 bits per heavy atom. The van der Waals surface area contributed by atoms with Gasteiger partial charge in [-0.1, -0.05) is 0 Å². The fraction of sp³-hybridized carbons (Fsp3) is 1.00. The molecule has 0 aromatic rings. The summed E-state index contributed by atoms with van der Waals surface area (Å²) in [4.78, 5) is 0. The maximum atomic E-state index is 11.7. The van der Waals surface area contributed by atoms with Crippen molar-refractivity contribution in [3.8, 4) is 0 Å². The van der Waals surface area contributed by atoms with E-state index in [-0.39, 0.29) is 5.60 Å². The fourth-order valence-electron chi connectivity index (χ4n) is 2.90. The Bertz CT molecular complexity index is 395. The van der Waals surface area contributed by atoms with Gasteiger partial charge in [-0.2, -0.15) is 0 Å². The monoisotopic (exact) mass is 306 g/mol. The molecule has 1 fully saturated rings. The van der Waals surface area contributed by atoms with E-state index >= 15 is 0 Å². The minimum Gasteiger partial charge on any atom is -0.379 e. The van der Waals surface area contributed by atoms with Crippen LogP contribution in [0, 0.1) is 5.92 Å². The number of nitrogens with one attached hydrogen (secondary N) is 1. The maximum absolute atomic E-state index is 11.7. The van der Waals surface area contributed by atoms with Gasteiger partial charge in [-0.15, -0.1) is 0 Å². The van der Waals surface area contributed by atoms with Gasteiger partial charge in [0, 0.05) is 26.2 Å². The smallest absolute Gasteiger partial charge is 0.211 e. The van der Waals surface area contributed by atoms with Gasteiger partial charge in [0.1, 0.15) is 0 Å². The zero-order valence-electron chi connectivity index (χ0n) is 13.5. The molecule has 1 aliphatic heterocycles. The average Bonchev–Trinajstić information content (AvgIpc) is 2.37. The second kappa shape index (κ2) is 7.20. The lowest BCUT2D eigenvalue weighted by molar-refractivity contribution is 0.00496. The van der Waals surface area contributed by atoms with Crippen LogP contribution >= 0.6 is 0 Å². The van der Waals surface area contributed by atoms with E-state index in [0.29, 0.717) is 25.0 Å². The quantitative estimate of drug-likeness (QED) is 0.773. The summed E-state index contributed by atoms with van der Waals surface area (Å²) < 4.78 is 30.4. The van der Waals surface area contributed by atoms with E-state index in [4.69, 9.17) is 4.74 Å². The van der Waals surface area contributed by atoms with E-state index in [1.54, 1.807) is 11.4 Å². The molecule has 6 heteroatoms. The molecule has 0 aromatic heterocycles. The third-order valence-electron chi connectivity index (χ3n) is 4.27. The van der Waals surface area contributed by atoms with Crippen molar-refractivity contribution in [3.05, 3.63) is 0 Å². The molecule has 1 heterocycles. The third kappa shape index (κ3) is 5.68. The molecule has 0 amide bonds. The summed E-state index contributed by atoms with van der Waals surface area (Å²) in [6.45, 7) is 5.50. The number of nitrogens with zero attached hydrogens (tertiary/aromatic N) is 1. The number of ether oxygens (including phenoxy) is 1. The summed E-state index contributed by atoms with van der Waals surface area (Å²) in [7, 11) is 0.648. The van der Waals surface area contributed by atoms with Crippen LogP contribution in [-0.4, -0.2) is 57.9 Å². The van der Waals surface area contributed by atoms with E-state index < -0.39 is 10.0 Å². The Kier molecular flexibility index (Phi) is 6.44. The van der Waals surface area contributed by atoms with Gasteiger partial charge in [0.05, 0.1) is 11.9 Å². The number of hydrogen-bond acceptors (Lipinski definition) is 4. The Labute approximate surface area is 124 Å². The van der Waals surface area contributed by atoms with Crippen LogP contribution in [0.15, 0.2) is 0 Å². The van der Waals surface area contributed by atoms with Crippen LogP contribution in [0.1, 0.15) is 39.5 Å². The van der Waals surface area contributed by atoms with Crippen molar-refractivity contribution in [2.45, 2.75) is 51.2 Å². The molecule has 0 spiro atoms. The van der Waals surface area contributed by atoms with Crippen LogP contribution in [-0.2, 0) is 14.8 Å². The second-order valence-electron chi connectivity index (χ2n) is 6.52. The highest BCUT2D eigenvalue weighted by atomic mass is 32.2. The third-order valence-corrected chi connectivity index (χ3v) is 5.54. The summed E-state index contributed by atoms with van der Waals surface area (Å²) in [5.41, 5.74) is -0.154. The molecule has 2 unspecified atom stereocenters. The molecule has 2 atom stereocenters. The van der Waals surface area contributed by atoms with Gasteiger partial charge in [0.25, 0.3) is 0 Å². The first-order chi connectivity index (χ1) is 9.18. The van der Waals surface area contributed by atoms with E-state index in [9.17, 15) is 8.42 Å². The number of sulfonamides is 1.